The molecular weight excluding hydrogens is 1390 g/mol. The van der Waals surface area contributed by atoms with Gasteiger partial charge in [-0.15, -0.1) is 0 Å². The second-order valence-electron chi connectivity index (χ2n) is 31.9. The fourth-order valence-electron chi connectivity index (χ4n) is 13.8. The highest BCUT2D eigenvalue weighted by Crippen LogP contribution is 2.45. The van der Waals surface area contributed by atoms with Crippen molar-refractivity contribution in [3.8, 4) is 0 Å². The summed E-state index contributed by atoms with van der Waals surface area (Å²) in [7, 11) is -9.93. The Morgan fingerprint density at radius 1 is 0.262 bits per heavy atom. The van der Waals surface area contributed by atoms with Crippen molar-refractivity contribution in [1.82, 2.24) is 0 Å². The molecule has 3 N–H and O–H groups in total. The van der Waals surface area contributed by atoms with E-state index in [-0.39, 0.29) is 25.7 Å². The maximum Gasteiger partial charge on any atom is 0.472 e. The molecule has 0 aromatic rings. The van der Waals surface area contributed by atoms with Crippen LogP contribution in [0, 0.1) is 5.92 Å². The smallest absolute Gasteiger partial charge is 0.462 e. The van der Waals surface area contributed by atoms with Crippen LogP contribution in [0.1, 0.15) is 478 Å². The molecule has 0 aliphatic rings. The second-order valence-corrected chi connectivity index (χ2v) is 34.8. The first-order valence-corrected chi connectivity index (χ1v) is 48.7. The molecule has 636 valence electrons. The van der Waals surface area contributed by atoms with Gasteiger partial charge in [-0.05, 0) is 31.6 Å². The van der Waals surface area contributed by atoms with Gasteiger partial charge in [-0.3, -0.25) is 37.3 Å². The molecule has 3 unspecified atom stereocenters. The SMILES string of the molecule is CCCCCCCCCCCCCCCCCCCCCCCCC(=O)O[C@H](COC(=O)CCCCCCCCCCCCCCCCCCCCCC)COP(=O)(O)OC[C@@H](O)COP(=O)(O)OC[C@@H](COC(=O)CCCCCCCCCCCCC)OC(=O)CCCCCCCCCCCCC(C)CC. The van der Waals surface area contributed by atoms with Gasteiger partial charge in [-0.25, -0.2) is 9.13 Å². The first-order chi connectivity index (χ1) is 52.1. The molecule has 0 aromatic carbocycles. The number of unbranched alkanes of at least 4 members (excludes halogenated alkanes) is 59. The lowest BCUT2D eigenvalue weighted by atomic mass is 9.99. The Morgan fingerprint density at radius 2 is 0.449 bits per heavy atom. The van der Waals surface area contributed by atoms with Crippen molar-refractivity contribution in [1.29, 1.82) is 0 Å². The highest BCUT2D eigenvalue weighted by molar-refractivity contribution is 7.47. The molecule has 0 spiro atoms. The minimum atomic E-state index is -4.97. The first kappa shape index (κ1) is 105. The monoisotopic (exact) mass is 1560 g/mol. The van der Waals surface area contributed by atoms with Gasteiger partial charge in [0.2, 0.25) is 0 Å². The number of ether oxygens (including phenoxy) is 4. The summed E-state index contributed by atoms with van der Waals surface area (Å²) in [6.07, 6.45) is 75.1. The molecule has 0 aliphatic carbocycles. The molecule has 19 heteroatoms. The van der Waals surface area contributed by atoms with Gasteiger partial charge < -0.3 is 33.8 Å². The average molecular weight is 1560 g/mol. The summed E-state index contributed by atoms with van der Waals surface area (Å²) in [6.45, 7) is 7.39. The van der Waals surface area contributed by atoms with Crippen molar-refractivity contribution in [2.75, 3.05) is 39.6 Å². The topological polar surface area (TPSA) is 237 Å². The van der Waals surface area contributed by atoms with E-state index in [9.17, 15) is 43.2 Å². The lowest BCUT2D eigenvalue weighted by Crippen LogP contribution is -2.30. The molecule has 6 atom stereocenters. The number of carbonyl (C=O) groups is 4. The van der Waals surface area contributed by atoms with Crippen LogP contribution in [0.3, 0.4) is 0 Å². The summed E-state index contributed by atoms with van der Waals surface area (Å²) in [5.74, 6) is -1.30. The molecule has 0 rings (SSSR count). The predicted molar refractivity (Wildman–Crippen MR) is 442 cm³/mol. The zero-order chi connectivity index (χ0) is 78.3. The Hall–Kier alpha value is -1.94. The fourth-order valence-corrected chi connectivity index (χ4v) is 15.4. The summed E-state index contributed by atoms with van der Waals surface area (Å²) >= 11 is 0. The van der Waals surface area contributed by atoms with Gasteiger partial charge in [0.25, 0.3) is 0 Å². The van der Waals surface area contributed by atoms with Crippen molar-refractivity contribution in [2.45, 2.75) is 496 Å². The molecule has 0 saturated heterocycles. The van der Waals surface area contributed by atoms with Crippen LogP contribution in [-0.4, -0.2) is 96.7 Å². The number of hydrogen-bond acceptors (Lipinski definition) is 15. The second kappa shape index (κ2) is 80.7. The molecule has 0 bridgehead atoms. The summed E-state index contributed by atoms with van der Waals surface area (Å²) in [4.78, 5) is 73.3. The van der Waals surface area contributed by atoms with E-state index < -0.39 is 97.5 Å². The summed E-state index contributed by atoms with van der Waals surface area (Å²) < 4.78 is 68.9. The number of phosphoric acid groups is 2. The van der Waals surface area contributed by atoms with Gasteiger partial charge in [-0.1, -0.05) is 426 Å². The molecule has 0 aliphatic heterocycles. The van der Waals surface area contributed by atoms with E-state index in [1.54, 1.807) is 0 Å². The molecular formula is C88H172O17P2. The Balaban J connectivity index is 5.22. The van der Waals surface area contributed by atoms with Crippen molar-refractivity contribution >= 4 is 39.5 Å². The van der Waals surface area contributed by atoms with Gasteiger partial charge in [0, 0.05) is 25.7 Å². The van der Waals surface area contributed by atoms with Crippen LogP contribution in [0.4, 0.5) is 0 Å². The van der Waals surface area contributed by atoms with Crippen LogP contribution in [-0.2, 0) is 65.4 Å². The van der Waals surface area contributed by atoms with E-state index in [1.807, 2.05) is 0 Å². The Morgan fingerprint density at radius 3 is 0.664 bits per heavy atom. The predicted octanol–water partition coefficient (Wildman–Crippen LogP) is 27.2. The summed E-state index contributed by atoms with van der Waals surface area (Å²) in [5, 5.41) is 10.7. The van der Waals surface area contributed by atoms with E-state index in [2.05, 4.69) is 34.6 Å². The van der Waals surface area contributed by atoms with Gasteiger partial charge in [0.15, 0.2) is 12.2 Å². The lowest BCUT2D eigenvalue weighted by Gasteiger charge is -2.21. The fraction of sp³-hybridized carbons (Fsp3) is 0.955. The number of aliphatic hydroxyl groups is 1. The van der Waals surface area contributed by atoms with Crippen LogP contribution in [0.5, 0.6) is 0 Å². The highest BCUT2D eigenvalue weighted by Gasteiger charge is 2.30. The van der Waals surface area contributed by atoms with Gasteiger partial charge in [-0.2, -0.15) is 0 Å². The third-order valence-electron chi connectivity index (χ3n) is 21.1. The van der Waals surface area contributed by atoms with E-state index in [0.717, 1.165) is 95.8 Å². The van der Waals surface area contributed by atoms with Crippen LogP contribution >= 0.6 is 15.6 Å². The molecule has 0 aromatic heterocycles. The molecule has 0 saturated carbocycles. The van der Waals surface area contributed by atoms with E-state index >= 15 is 0 Å². The number of esters is 4. The van der Waals surface area contributed by atoms with Crippen molar-refractivity contribution in [2.24, 2.45) is 5.92 Å². The standard InChI is InChI=1S/C88H172O17P2/c1-6-10-13-16-19-22-25-27-29-31-33-35-36-38-40-42-44-47-53-58-63-68-73-87(92)104-83(78-99-86(91)72-67-62-57-52-46-43-41-39-37-34-32-30-28-26-23-20-17-14-11-7-2)79-102-106(94,95)100-75-82(89)76-101-107(96,97)103-80-84(77-98-85(90)71-66-61-56-51-45-24-21-18-15-12-8-3)105-88(93)74-69-64-59-54-49-48-50-55-60-65-70-81(5)9-4/h81-84,89H,6-80H2,1-5H3,(H,94,95)(H,96,97)/t81?,82-,83-,84-/m1/s1. The highest BCUT2D eigenvalue weighted by atomic mass is 31.2. The van der Waals surface area contributed by atoms with Crippen molar-refractivity contribution < 1.29 is 80.2 Å². The number of phosphoric ester groups is 2. The van der Waals surface area contributed by atoms with E-state index in [4.69, 9.17) is 37.0 Å². The molecule has 17 nitrogen and oxygen atoms in total. The van der Waals surface area contributed by atoms with Crippen LogP contribution in [0.15, 0.2) is 0 Å². The molecule has 0 radical (unpaired) electrons. The molecule has 0 fully saturated rings. The maximum atomic E-state index is 13.2. The number of rotatable bonds is 88. The minimum absolute atomic E-state index is 0.107. The maximum absolute atomic E-state index is 13.2. The Kier molecular flexibility index (Phi) is 79.2. The van der Waals surface area contributed by atoms with Crippen LogP contribution in [0.25, 0.3) is 0 Å². The van der Waals surface area contributed by atoms with Crippen molar-refractivity contribution in [3.05, 3.63) is 0 Å². The van der Waals surface area contributed by atoms with Gasteiger partial charge >= 0.3 is 39.5 Å². The average Bonchev–Trinajstić information content (AvgIpc) is 0.901. The third-order valence-corrected chi connectivity index (χ3v) is 23.0. The molecule has 0 amide bonds. The van der Waals surface area contributed by atoms with Crippen LogP contribution < -0.4 is 0 Å². The molecule has 107 heavy (non-hydrogen) atoms. The minimum Gasteiger partial charge on any atom is -0.462 e. The zero-order valence-electron chi connectivity index (χ0n) is 70.3. The number of hydrogen-bond donors (Lipinski definition) is 3. The quantitative estimate of drug-likeness (QED) is 0.0222. The lowest BCUT2D eigenvalue weighted by molar-refractivity contribution is -0.161. The molecule has 0 heterocycles. The van der Waals surface area contributed by atoms with Gasteiger partial charge in [0.05, 0.1) is 26.4 Å². The van der Waals surface area contributed by atoms with Crippen molar-refractivity contribution in [3.63, 3.8) is 0 Å². The number of aliphatic hydroxyl groups excluding tert-OH is 1. The van der Waals surface area contributed by atoms with Crippen LogP contribution in [0.2, 0.25) is 0 Å². The normalized spacial score (nSPS) is 14.0. The largest absolute Gasteiger partial charge is 0.472 e. The summed E-state index contributed by atoms with van der Waals surface area (Å²) in [5.41, 5.74) is 0. The summed E-state index contributed by atoms with van der Waals surface area (Å²) in [6, 6.07) is 0. The van der Waals surface area contributed by atoms with E-state index in [0.29, 0.717) is 25.7 Å². The van der Waals surface area contributed by atoms with E-state index in [1.165, 1.54) is 302 Å². The zero-order valence-corrected chi connectivity index (χ0v) is 72.1. The Bertz CT molecular complexity index is 2030. The first-order valence-electron chi connectivity index (χ1n) is 45.7. The third kappa shape index (κ3) is 80.5. The Labute approximate surface area is 658 Å². The van der Waals surface area contributed by atoms with Gasteiger partial charge in [0.1, 0.15) is 19.3 Å². The number of carbonyl (C=O) groups excluding carboxylic acids is 4.